The molecule has 0 bridgehead atoms. The van der Waals surface area contributed by atoms with Crippen molar-refractivity contribution in [3.8, 4) is 5.69 Å². The molecule has 3 heterocycles. The third kappa shape index (κ3) is 6.02. The molecule has 2 aromatic carbocycles. The summed E-state index contributed by atoms with van der Waals surface area (Å²) in [7, 11) is 1.71. The molecule has 3 aromatic heterocycles. The number of rotatable bonds is 9. The third-order valence-electron chi connectivity index (χ3n) is 6.11. The molecule has 0 unspecified atom stereocenters. The topological polar surface area (TPSA) is 107 Å². The molecular formula is C28H26ClN9O. The van der Waals surface area contributed by atoms with Gasteiger partial charge in [0.1, 0.15) is 5.84 Å². The quantitative estimate of drug-likeness (QED) is 0.226. The number of benzene rings is 2. The molecule has 0 saturated heterocycles. The van der Waals surface area contributed by atoms with Crippen LogP contribution in [-0.4, -0.2) is 48.9 Å². The molecule has 0 amide bonds. The maximum absolute atomic E-state index is 12.0. The molecule has 0 aliphatic rings. The summed E-state index contributed by atoms with van der Waals surface area (Å²) in [5, 5.41) is 17.1. The van der Waals surface area contributed by atoms with Gasteiger partial charge < -0.3 is 9.88 Å². The number of aliphatic imine (C=N–C) groups is 2. The summed E-state index contributed by atoms with van der Waals surface area (Å²) in [6, 6.07) is 18.8. The fourth-order valence-corrected chi connectivity index (χ4v) is 4.40. The average molecular weight is 540 g/mol. The predicted molar refractivity (Wildman–Crippen MR) is 152 cm³/mol. The number of nitrogens with zero attached hydrogens (tertiary/aromatic N) is 8. The first kappa shape index (κ1) is 25.8. The van der Waals surface area contributed by atoms with Crippen LogP contribution in [-0.2, 0) is 19.6 Å². The number of halogens is 1. The molecule has 0 radical (unpaired) electrons. The number of aromatic nitrogens is 6. The van der Waals surface area contributed by atoms with Crippen LogP contribution in [0.15, 0.2) is 100 Å². The minimum absolute atomic E-state index is 0.0262. The Hall–Kier alpha value is -4.83. The molecule has 0 atom stereocenters. The van der Waals surface area contributed by atoms with Crippen LogP contribution >= 0.6 is 11.6 Å². The van der Waals surface area contributed by atoms with Crippen LogP contribution in [0.2, 0.25) is 5.02 Å². The van der Waals surface area contributed by atoms with E-state index in [1.165, 1.54) is 0 Å². The molecule has 11 heteroatoms. The van der Waals surface area contributed by atoms with Gasteiger partial charge in [0.05, 0.1) is 36.7 Å². The smallest absolute Gasteiger partial charge is 0.250 e. The van der Waals surface area contributed by atoms with Crippen molar-refractivity contribution in [2.45, 2.75) is 19.6 Å². The van der Waals surface area contributed by atoms with Gasteiger partial charge >= 0.3 is 0 Å². The van der Waals surface area contributed by atoms with E-state index < -0.39 is 0 Å². The van der Waals surface area contributed by atoms with Gasteiger partial charge in [0.2, 0.25) is 0 Å². The molecule has 0 fully saturated rings. The van der Waals surface area contributed by atoms with Crippen molar-refractivity contribution in [3.05, 3.63) is 123 Å². The first-order valence-electron chi connectivity index (χ1n) is 12.2. The van der Waals surface area contributed by atoms with E-state index >= 15 is 0 Å². The highest BCUT2D eigenvalue weighted by Gasteiger charge is 2.15. The number of amidine groups is 1. The first-order valence-corrected chi connectivity index (χ1v) is 12.6. The number of nitrogens with one attached hydrogen (secondary N) is 1. The molecular weight excluding hydrogens is 514 g/mol. The van der Waals surface area contributed by atoms with Crippen molar-refractivity contribution in [2.24, 2.45) is 9.98 Å². The van der Waals surface area contributed by atoms with Crippen molar-refractivity contribution in [1.82, 2.24) is 34.7 Å². The van der Waals surface area contributed by atoms with Gasteiger partial charge in [0, 0.05) is 42.6 Å². The summed E-state index contributed by atoms with van der Waals surface area (Å²) in [6.45, 7) is 5.17. The summed E-state index contributed by atoms with van der Waals surface area (Å²) in [5.41, 5.74) is 4.51. The largest absolute Gasteiger partial charge is 0.366 e. The second-order valence-corrected chi connectivity index (χ2v) is 9.16. The zero-order chi connectivity index (χ0) is 27.2. The molecule has 0 aliphatic heterocycles. The van der Waals surface area contributed by atoms with Crippen LogP contribution < -0.4 is 10.9 Å². The lowest BCUT2D eigenvalue weighted by Gasteiger charge is -2.12. The van der Waals surface area contributed by atoms with Gasteiger partial charge in [-0.3, -0.25) is 14.5 Å². The van der Waals surface area contributed by atoms with Crippen molar-refractivity contribution in [3.63, 3.8) is 0 Å². The number of hydrogen-bond acceptors (Lipinski definition) is 6. The molecule has 10 nitrogen and oxygen atoms in total. The van der Waals surface area contributed by atoms with Crippen molar-refractivity contribution in [2.75, 3.05) is 7.05 Å². The van der Waals surface area contributed by atoms with Crippen molar-refractivity contribution in [1.29, 1.82) is 0 Å². The highest BCUT2D eigenvalue weighted by atomic mass is 35.5. The summed E-state index contributed by atoms with van der Waals surface area (Å²) in [4.78, 5) is 22.1. The number of pyridine rings is 1. The van der Waals surface area contributed by atoms with E-state index in [2.05, 4.69) is 37.3 Å². The Morgan fingerprint density at radius 2 is 1.77 bits per heavy atom. The Bertz CT molecular complexity index is 1670. The average Bonchev–Trinajstić information content (AvgIpc) is 3.62. The standard InChI is InChI=1S/C28H26ClN9O/c1-30-27(32-16-22-15-23(29)10-11-25(22)38-33-12-13-34-38)24-19-37(35-28(24)31-2)18-21-8-6-20(7-9-21)17-36-14-4-3-5-26(36)39/h3-15,19H,2,16-18H2,1H3,(H,30,32). The molecule has 5 rings (SSSR count). The Morgan fingerprint density at radius 1 is 1.03 bits per heavy atom. The minimum atomic E-state index is -0.0262. The van der Waals surface area contributed by atoms with Gasteiger partial charge in [0.25, 0.3) is 5.56 Å². The summed E-state index contributed by atoms with van der Waals surface area (Å²) < 4.78 is 3.48. The zero-order valence-corrected chi connectivity index (χ0v) is 22.0. The summed E-state index contributed by atoms with van der Waals surface area (Å²) >= 11 is 6.27. The van der Waals surface area contributed by atoms with Gasteiger partial charge in [-0.1, -0.05) is 41.9 Å². The second kappa shape index (κ2) is 11.7. The lowest BCUT2D eigenvalue weighted by atomic mass is 10.1. The second-order valence-electron chi connectivity index (χ2n) is 8.72. The van der Waals surface area contributed by atoms with Crippen molar-refractivity contribution < 1.29 is 0 Å². The Labute approximate surface area is 229 Å². The molecule has 0 aliphatic carbocycles. The highest BCUT2D eigenvalue weighted by molar-refractivity contribution is 6.30. The van der Waals surface area contributed by atoms with Gasteiger partial charge in [-0.05, 0) is 42.1 Å². The van der Waals surface area contributed by atoms with E-state index in [-0.39, 0.29) is 5.56 Å². The van der Waals surface area contributed by atoms with E-state index in [0.29, 0.717) is 36.3 Å². The van der Waals surface area contributed by atoms with Crippen LogP contribution in [0.1, 0.15) is 22.3 Å². The fraction of sp³-hybridized carbons (Fsp3) is 0.143. The van der Waals surface area contributed by atoms with E-state index in [9.17, 15) is 4.79 Å². The molecule has 196 valence electrons. The van der Waals surface area contributed by atoms with Crippen LogP contribution in [0.3, 0.4) is 0 Å². The monoisotopic (exact) mass is 539 g/mol. The summed E-state index contributed by atoms with van der Waals surface area (Å²) in [6.07, 6.45) is 6.93. The van der Waals surface area contributed by atoms with Gasteiger partial charge in [-0.2, -0.15) is 20.1 Å². The first-order chi connectivity index (χ1) is 19.0. The van der Waals surface area contributed by atoms with E-state index in [4.69, 9.17) is 11.6 Å². The Balaban J connectivity index is 1.30. The molecule has 1 N–H and O–H groups in total. The molecule has 39 heavy (non-hydrogen) atoms. The van der Waals surface area contributed by atoms with Gasteiger partial charge in [-0.15, -0.1) is 0 Å². The fourth-order valence-electron chi connectivity index (χ4n) is 4.21. The van der Waals surface area contributed by atoms with Crippen molar-refractivity contribution >= 4 is 30.0 Å². The van der Waals surface area contributed by atoms with Gasteiger partial charge in [0.15, 0.2) is 5.82 Å². The van der Waals surface area contributed by atoms with E-state index in [1.54, 1.807) is 57.9 Å². The number of hydrogen-bond donors (Lipinski definition) is 1. The molecule has 0 saturated carbocycles. The normalized spacial score (nSPS) is 11.5. The highest BCUT2D eigenvalue weighted by Crippen LogP contribution is 2.21. The molecule has 5 aromatic rings. The Morgan fingerprint density at radius 3 is 2.46 bits per heavy atom. The van der Waals surface area contributed by atoms with Gasteiger partial charge in [-0.25, -0.2) is 4.99 Å². The van der Waals surface area contributed by atoms with Crippen LogP contribution in [0.25, 0.3) is 5.69 Å². The Kier molecular flexibility index (Phi) is 7.74. The van der Waals surface area contributed by atoms with E-state index in [0.717, 1.165) is 27.9 Å². The van der Waals surface area contributed by atoms with Crippen LogP contribution in [0.4, 0.5) is 5.82 Å². The molecule has 0 spiro atoms. The predicted octanol–water partition coefficient (Wildman–Crippen LogP) is 3.87. The SMILES string of the molecule is C=Nc1nn(Cc2ccc(Cn3ccccc3=O)cc2)cc1/C(=N\C)NCc1cc(Cl)ccc1-n1nccn1. The third-order valence-corrected chi connectivity index (χ3v) is 6.35. The lowest BCUT2D eigenvalue weighted by molar-refractivity contribution is 0.687. The van der Waals surface area contributed by atoms with Crippen LogP contribution in [0.5, 0.6) is 0 Å². The van der Waals surface area contributed by atoms with Crippen LogP contribution in [0, 0.1) is 0 Å². The maximum Gasteiger partial charge on any atom is 0.250 e. The zero-order valence-electron chi connectivity index (χ0n) is 21.3. The minimum Gasteiger partial charge on any atom is -0.366 e. The maximum atomic E-state index is 12.0. The van der Waals surface area contributed by atoms with E-state index in [1.807, 2.05) is 48.7 Å². The summed E-state index contributed by atoms with van der Waals surface area (Å²) in [5.74, 6) is 1.09. The lowest BCUT2D eigenvalue weighted by Crippen LogP contribution is -2.24.